The van der Waals surface area contributed by atoms with Crippen molar-refractivity contribution in [3.05, 3.63) is 12.7 Å². The highest BCUT2D eigenvalue weighted by Crippen LogP contribution is 2.15. The highest BCUT2D eigenvalue weighted by Gasteiger charge is 2.20. The molecule has 1 unspecified atom stereocenters. The molecule has 0 aromatic rings. The van der Waals surface area contributed by atoms with E-state index in [4.69, 9.17) is 0 Å². The Bertz CT molecular complexity index is 83.0. The predicted molar refractivity (Wildman–Crippen MR) is 46.3 cm³/mol. The fourth-order valence-corrected chi connectivity index (χ4v) is 1.06. The van der Waals surface area contributed by atoms with E-state index in [2.05, 4.69) is 42.1 Å². The Hall–Kier alpha value is 0.437. The van der Waals surface area contributed by atoms with Crippen LogP contribution in [-0.2, 0) is 0 Å². The number of halogens is 1. The fraction of sp³-hybridized carbons (Fsp3) is 0.667. The van der Waals surface area contributed by atoms with Crippen LogP contribution in [0.25, 0.3) is 0 Å². The van der Waals surface area contributed by atoms with Gasteiger partial charge in [0.05, 0.1) is 8.07 Å². The van der Waals surface area contributed by atoms with Crippen LogP contribution in [0.2, 0.25) is 19.6 Å². The molecule has 0 nitrogen and oxygen atoms in total. The predicted octanol–water partition coefficient (Wildman–Crippen LogP) is 2.81. The largest absolute Gasteiger partial charge is 0.102 e. The molecule has 0 N–H and O–H groups in total. The molecule has 0 aliphatic carbocycles. The second-order valence-corrected chi connectivity index (χ2v) is 10.2. The zero-order valence-electron chi connectivity index (χ0n) is 5.74. The van der Waals surface area contributed by atoms with Crippen LogP contribution >= 0.6 is 15.9 Å². The topological polar surface area (TPSA) is 0 Å². The number of rotatable bonds is 2. The maximum absolute atomic E-state index is 3.71. The third-order valence-corrected chi connectivity index (χ3v) is 7.42. The van der Waals surface area contributed by atoms with Crippen molar-refractivity contribution in [1.82, 2.24) is 0 Å². The third-order valence-electron chi connectivity index (χ3n) is 1.03. The van der Waals surface area contributed by atoms with E-state index < -0.39 is 8.07 Å². The monoisotopic (exact) mass is 192 g/mol. The van der Waals surface area contributed by atoms with E-state index in [1.54, 1.807) is 0 Å². The Morgan fingerprint density at radius 1 is 1.50 bits per heavy atom. The molecular formula is C6H13BrSi. The molecule has 0 saturated carbocycles. The maximum Gasteiger partial charge on any atom is 0.0643 e. The van der Waals surface area contributed by atoms with Gasteiger partial charge in [0.15, 0.2) is 0 Å². The third kappa shape index (κ3) is 2.67. The SMILES string of the molecule is C=CC(Br)[Si](C)(C)C. The minimum Gasteiger partial charge on any atom is -0.102 e. The van der Waals surface area contributed by atoms with Crippen LogP contribution in [0.3, 0.4) is 0 Å². The van der Waals surface area contributed by atoms with Gasteiger partial charge in [0.2, 0.25) is 0 Å². The molecule has 0 aromatic heterocycles. The summed E-state index contributed by atoms with van der Waals surface area (Å²) in [6.45, 7) is 10.7. The summed E-state index contributed by atoms with van der Waals surface area (Å²) in [4.78, 5) is 0. The van der Waals surface area contributed by atoms with Crippen LogP contribution < -0.4 is 0 Å². The van der Waals surface area contributed by atoms with Gasteiger partial charge in [-0.3, -0.25) is 0 Å². The summed E-state index contributed by atoms with van der Waals surface area (Å²) in [6.07, 6.45) is 1.98. The summed E-state index contributed by atoms with van der Waals surface area (Å²) < 4.78 is 0.565. The average molecular weight is 193 g/mol. The van der Waals surface area contributed by atoms with Crippen molar-refractivity contribution in [2.24, 2.45) is 0 Å². The molecule has 0 amide bonds. The van der Waals surface area contributed by atoms with Crippen molar-refractivity contribution in [2.45, 2.75) is 24.1 Å². The van der Waals surface area contributed by atoms with Gasteiger partial charge in [-0.05, 0) is 0 Å². The molecular weight excluding hydrogens is 180 g/mol. The van der Waals surface area contributed by atoms with Gasteiger partial charge in [-0.25, -0.2) is 0 Å². The molecule has 0 heterocycles. The first-order chi connectivity index (χ1) is 3.48. The molecule has 0 aliphatic heterocycles. The summed E-state index contributed by atoms with van der Waals surface area (Å²) in [5.74, 6) is 0. The van der Waals surface area contributed by atoms with E-state index in [-0.39, 0.29) is 0 Å². The fourth-order valence-electron chi connectivity index (χ4n) is 0.354. The summed E-state index contributed by atoms with van der Waals surface area (Å²) in [6, 6.07) is 0. The lowest BCUT2D eigenvalue weighted by molar-refractivity contribution is 1.48. The summed E-state index contributed by atoms with van der Waals surface area (Å²) in [7, 11) is -0.962. The van der Waals surface area contributed by atoms with Gasteiger partial charge in [-0.1, -0.05) is 41.6 Å². The van der Waals surface area contributed by atoms with Gasteiger partial charge in [0.25, 0.3) is 0 Å². The lowest BCUT2D eigenvalue weighted by Crippen LogP contribution is -2.31. The van der Waals surface area contributed by atoms with Crippen molar-refractivity contribution in [3.8, 4) is 0 Å². The van der Waals surface area contributed by atoms with Gasteiger partial charge in [0.1, 0.15) is 0 Å². The van der Waals surface area contributed by atoms with Crippen LogP contribution in [0.4, 0.5) is 0 Å². The molecule has 1 atom stereocenters. The van der Waals surface area contributed by atoms with E-state index >= 15 is 0 Å². The lowest BCUT2D eigenvalue weighted by Gasteiger charge is -2.18. The summed E-state index contributed by atoms with van der Waals surface area (Å²) in [5, 5.41) is 0. The standard InChI is InChI=1S/C6H13BrSi/c1-5-6(7)8(2,3)4/h5-6H,1H2,2-4H3. The molecule has 0 aromatic carbocycles. The van der Waals surface area contributed by atoms with Crippen LogP contribution in [-0.4, -0.2) is 12.5 Å². The first-order valence-electron chi connectivity index (χ1n) is 2.75. The second kappa shape index (κ2) is 2.83. The Labute approximate surface area is 61.1 Å². The van der Waals surface area contributed by atoms with Gasteiger partial charge in [-0.15, -0.1) is 6.58 Å². The minimum absolute atomic E-state index is 0.565. The Kier molecular flexibility index (Phi) is 2.98. The summed E-state index contributed by atoms with van der Waals surface area (Å²) >= 11 is 3.54. The van der Waals surface area contributed by atoms with Crippen molar-refractivity contribution >= 4 is 24.0 Å². The lowest BCUT2D eigenvalue weighted by atomic mass is 10.8. The van der Waals surface area contributed by atoms with Crippen LogP contribution in [0.5, 0.6) is 0 Å². The van der Waals surface area contributed by atoms with Gasteiger partial charge >= 0.3 is 0 Å². The van der Waals surface area contributed by atoms with Crippen LogP contribution in [0, 0.1) is 0 Å². The van der Waals surface area contributed by atoms with Crippen LogP contribution in [0.1, 0.15) is 0 Å². The first-order valence-corrected chi connectivity index (χ1v) is 7.24. The zero-order valence-corrected chi connectivity index (χ0v) is 8.33. The Morgan fingerprint density at radius 3 is 1.88 bits per heavy atom. The maximum atomic E-state index is 3.71. The zero-order chi connectivity index (χ0) is 6.78. The van der Waals surface area contributed by atoms with Gasteiger partial charge in [-0.2, -0.15) is 0 Å². The molecule has 0 radical (unpaired) electrons. The molecule has 8 heavy (non-hydrogen) atoms. The van der Waals surface area contributed by atoms with Crippen LogP contribution in [0.15, 0.2) is 12.7 Å². The molecule has 48 valence electrons. The number of hydrogen-bond acceptors (Lipinski definition) is 0. The van der Waals surface area contributed by atoms with Crippen molar-refractivity contribution in [2.75, 3.05) is 0 Å². The van der Waals surface area contributed by atoms with Crippen molar-refractivity contribution < 1.29 is 0 Å². The minimum atomic E-state index is -0.962. The van der Waals surface area contributed by atoms with E-state index in [0.717, 1.165) is 0 Å². The number of alkyl halides is 1. The Morgan fingerprint density at radius 2 is 1.88 bits per heavy atom. The first kappa shape index (κ1) is 8.44. The molecule has 0 spiro atoms. The quantitative estimate of drug-likeness (QED) is 0.359. The van der Waals surface area contributed by atoms with Gasteiger partial charge < -0.3 is 0 Å². The van der Waals surface area contributed by atoms with E-state index in [9.17, 15) is 0 Å². The van der Waals surface area contributed by atoms with Crippen molar-refractivity contribution in [1.29, 1.82) is 0 Å². The number of allylic oxidation sites excluding steroid dienone is 1. The number of hydrogen-bond donors (Lipinski definition) is 0. The molecule has 0 rings (SSSR count). The Balaban J connectivity index is 3.80. The smallest absolute Gasteiger partial charge is 0.0643 e. The second-order valence-electron chi connectivity index (χ2n) is 3.00. The highest BCUT2D eigenvalue weighted by atomic mass is 79.9. The average Bonchev–Trinajstić information content (AvgIpc) is 1.62. The molecule has 0 fully saturated rings. The summed E-state index contributed by atoms with van der Waals surface area (Å²) in [5.41, 5.74) is 0. The highest BCUT2D eigenvalue weighted by molar-refractivity contribution is 9.10. The van der Waals surface area contributed by atoms with Gasteiger partial charge in [0, 0.05) is 4.45 Å². The molecule has 0 saturated heterocycles. The molecule has 0 aliphatic rings. The molecule has 0 bridgehead atoms. The van der Waals surface area contributed by atoms with Crippen molar-refractivity contribution in [3.63, 3.8) is 0 Å². The van der Waals surface area contributed by atoms with E-state index in [1.807, 2.05) is 6.08 Å². The van der Waals surface area contributed by atoms with E-state index in [0.29, 0.717) is 4.45 Å². The molecule has 2 heteroatoms. The normalized spacial score (nSPS) is 15.5. The van der Waals surface area contributed by atoms with E-state index in [1.165, 1.54) is 0 Å².